The average molecular weight is 425 g/mol. The van der Waals surface area contributed by atoms with E-state index in [4.69, 9.17) is 0 Å². The molecule has 2 saturated heterocycles. The highest BCUT2D eigenvalue weighted by Crippen LogP contribution is 2.29. The second-order valence-electron chi connectivity index (χ2n) is 7.55. The molecule has 2 aromatic carbocycles. The molecule has 4 amide bonds. The number of nitrogens with zero attached hydrogens (tertiary/aromatic N) is 2. The number of urea groups is 1. The van der Waals surface area contributed by atoms with Crippen LogP contribution in [0.15, 0.2) is 53.4 Å². The second kappa shape index (κ2) is 8.39. The van der Waals surface area contributed by atoms with Crippen molar-refractivity contribution in [2.24, 2.45) is 5.92 Å². The van der Waals surface area contributed by atoms with E-state index in [9.17, 15) is 14.4 Å². The summed E-state index contributed by atoms with van der Waals surface area (Å²) in [6.45, 7) is 2.91. The average Bonchev–Trinajstić information content (AvgIpc) is 3.30. The quantitative estimate of drug-likeness (QED) is 0.722. The number of rotatable bonds is 5. The largest absolute Gasteiger partial charge is 0.336 e. The number of carbonyl (C=O) groups excluding carboxylic acids is 3. The summed E-state index contributed by atoms with van der Waals surface area (Å²) in [7, 11) is 0. The van der Waals surface area contributed by atoms with Crippen molar-refractivity contribution in [1.29, 1.82) is 0 Å². The normalized spacial score (nSPS) is 21.1. The Labute approximate surface area is 179 Å². The summed E-state index contributed by atoms with van der Waals surface area (Å²) in [4.78, 5) is 41.9. The van der Waals surface area contributed by atoms with E-state index < -0.39 is 5.92 Å². The molecule has 30 heavy (non-hydrogen) atoms. The molecule has 156 valence electrons. The van der Waals surface area contributed by atoms with Gasteiger partial charge in [0.15, 0.2) is 0 Å². The van der Waals surface area contributed by atoms with E-state index in [-0.39, 0.29) is 30.3 Å². The summed E-state index contributed by atoms with van der Waals surface area (Å²) in [5.41, 5.74) is 2.16. The van der Waals surface area contributed by atoms with Gasteiger partial charge in [-0.1, -0.05) is 12.1 Å². The Hall–Kier alpha value is -3.00. The van der Waals surface area contributed by atoms with Gasteiger partial charge >= 0.3 is 6.03 Å². The first-order valence-electron chi connectivity index (χ1n) is 9.88. The summed E-state index contributed by atoms with van der Waals surface area (Å²) in [6, 6.07) is 14.9. The third kappa shape index (κ3) is 4.00. The smallest absolute Gasteiger partial charge is 0.322 e. The van der Waals surface area contributed by atoms with Crippen LogP contribution in [0, 0.1) is 5.92 Å². The zero-order chi connectivity index (χ0) is 21.3. The van der Waals surface area contributed by atoms with E-state index in [2.05, 4.69) is 10.6 Å². The van der Waals surface area contributed by atoms with Gasteiger partial charge in [0, 0.05) is 41.5 Å². The Morgan fingerprint density at radius 1 is 1.13 bits per heavy atom. The lowest BCUT2D eigenvalue weighted by molar-refractivity contribution is -0.122. The molecule has 2 aromatic rings. The van der Waals surface area contributed by atoms with Gasteiger partial charge in [-0.3, -0.25) is 14.5 Å². The molecule has 0 aliphatic carbocycles. The Kier molecular flexibility index (Phi) is 5.67. The van der Waals surface area contributed by atoms with Gasteiger partial charge < -0.3 is 15.5 Å². The summed E-state index contributed by atoms with van der Waals surface area (Å²) in [6.07, 6.45) is 2.17. The highest BCUT2D eigenvalue weighted by atomic mass is 32.2. The molecule has 0 spiro atoms. The molecule has 2 N–H and O–H groups in total. The fourth-order valence-electron chi connectivity index (χ4n) is 3.87. The maximum absolute atomic E-state index is 12.8. The molecule has 2 fully saturated rings. The second-order valence-corrected chi connectivity index (χ2v) is 8.43. The first-order valence-corrected chi connectivity index (χ1v) is 11.1. The van der Waals surface area contributed by atoms with Crippen LogP contribution in [0.25, 0.3) is 0 Å². The van der Waals surface area contributed by atoms with Gasteiger partial charge in [0.1, 0.15) is 0 Å². The maximum Gasteiger partial charge on any atom is 0.322 e. The lowest BCUT2D eigenvalue weighted by Crippen LogP contribution is -2.32. The monoisotopic (exact) mass is 424 g/mol. The molecule has 2 unspecified atom stereocenters. The molecule has 2 aliphatic heterocycles. The van der Waals surface area contributed by atoms with Crippen molar-refractivity contribution in [1.82, 2.24) is 5.32 Å². The van der Waals surface area contributed by atoms with Crippen LogP contribution in [-0.2, 0) is 9.59 Å². The van der Waals surface area contributed by atoms with Crippen LogP contribution in [-0.4, -0.2) is 43.2 Å². The first-order chi connectivity index (χ1) is 14.5. The van der Waals surface area contributed by atoms with E-state index in [1.807, 2.05) is 49.6 Å². The molecule has 2 atom stereocenters. The van der Waals surface area contributed by atoms with Crippen LogP contribution in [0.3, 0.4) is 0 Å². The van der Waals surface area contributed by atoms with Crippen LogP contribution in [0.1, 0.15) is 13.3 Å². The standard InChI is InChI=1S/C22H24N4O3S/c1-14-12-23-22(29)26(14)18-7-3-5-16(10-18)24-21(28)15-9-20(27)25(13-15)17-6-4-8-19(11-17)30-2/h3-8,10-11,14-15H,9,12-13H2,1-2H3,(H,23,29)(H,24,28). The Bertz CT molecular complexity index is 996. The summed E-state index contributed by atoms with van der Waals surface area (Å²) in [5.74, 6) is -0.666. The van der Waals surface area contributed by atoms with Crippen molar-refractivity contribution in [3.63, 3.8) is 0 Å². The van der Waals surface area contributed by atoms with Crippen LogP contribution in [0.5, 0.6) is 0 Å². The Morgan fingerprint density at radius 3 is 2.63 bits per heavy atom. The molecule has 0 bridgehead atoms. The molecule has 0 aromatic heterocycles. The first kappa shape index (κ1) is 20.3. The van der Waals surface area contributed by atoms with E-state index in [1.54, 1.807) is 33.7 Å². The molecule has 2 aliphatic rings. The molecule has 4 rings (SSSR count). The van der Waals surface area contributed by atoms with Gasteiger partial charge in [-0.15, -0.1) is 11.8 Å². The van der Waals surface area contributed by atoms with Crippen LogP contribution in [0.2, 0.25) is 0 Å². The number of amides is 4. The minimum absolute atomic E-state index is 0.0431. The highest BCUT2D eigenvalue weighted by molar-refractivity contribution is 7.98. The number of thioether (sulfide) groups is 1. The lowest BCUT2D eigenvalue weighted by Gasteiger charge is -2.21. The summed E-state index contributed by atoms with van der Waals surface area (Å²) >= 11 is 1.61. The predicted molar refractivity (Wildman–Crippen MR) is 119 cm³/mol. The van der Waals surface area contributed by atoms with Crippen LogP contribution < -0.4 is 20.4 Å². The van der Waals surface area contributed by atoms with Gasteiger partial charge in [-0.05, 0) is 49.6 Å². The van der Waals surface area contributed by atoms with Crippen molar-refractivity contribution in [3.05, 3.63) is 48.5 Å². The van der Waals surface area contributed by atoms with Crippen molar-refractivity contribution >= 4 is 46.7 Å². The molecule has 7 nitrogen and oxygen atoms in total. The number of carbonyl (C=O) groups is 3. The molecular weight excluding hydrogens is 400 g/mol. The molecule has 0 radical (unpaired) electrons. The minimum Gasteiger partial charge on any atom is -0.336 e. The van der Waals surface area contributed by atoms with E-state index in [0.29, 0.717) is 18.8 Å². The van der Waals surface area contributed by atoms with Gasteiger partial charge in [0.25, 0.3) is 0 Å². The number of benzene rings is 2. The zero-order valence-electron chi connectivity index (χ0n) is 16.9. The van der Waals surface area contributed by atoms with E-state index in [0.717, 1.165) is 16.3 Å². The molecular formula is C22H24N4O3S. The predicted octanol–water partition coefficient (Wildman–Crippen LogP) is 3.32. The van der Waals surface area contributed by atoms with Crippen molar-refractivity contribution in [2.75, 3.05) is 34.5 Å². The van der Waals surface area contributed by atoms with E-state index >= 15 is 0 Å². The topological polar surface area (TPSA) is 81.8 Å². The van der Waals surface area contributed by atoms with E-state index in [1.165, 1.54) is 0 Å². The van der Waals surface area contributed by atoms with Gasteiger partial charge in [0.05, 0.1) is 12.0 Å². The fraction of sp³-hybridized carbons (Fsp3) is 0.318. The summed E-state index contributed by atoms with van der Waals surface area (Å²) < 4.78 is 0. The number of hydrogen-bond acceptors (Lipinski definition) is 4. The Balaban J connectivity index is 1.45. The van der Waals surface area contributed by atoms with Crippen molar-refractivity contribution < 1.29 is 14.4 Å². The highest BCUT2D eigenvalue weighted by Gasteiger charge is 2.35. The van der Waals surface area contributed by atoms with Crippen molar-refractivity contribution in [3.8, 4) is 0 Å². The molecule has 8 heteroatoms. The number of anilines is 3. The SMILES string of the molecule is CSc1cccc(N2CC(C(=O)Nc3cccc(N4C(=O)NCC4C)c3)CC2=O)c1. The fourth-order valence-corrected chi connectivity index (χ4v) is 4.33. The maximum atomic E-state index is 12.8. The zero-order valence-corrected chi connectivity index (χ0v) is 17.7. The van der Waals surface area contributed by atoms with Crippen LogP contribution >= 0.6 is 11.8 Å². The Morgan fingerprint density at radius 2 is 1.90 bits per heavy atom. The molecule has 2 heterocycles. The molecule has 0 saturated carbocycles. The van der Waals surface area contributed by atoms with Gasteiger partial charge in [-0.25, -0.2) is 4.79 Å². The number of nitrogens with one attached hydrogen (secondary N) is 2. The van der Waals surface area contributed by atoms with Crippen molar-refractivity contribution in [2.45, 2.75) is 24.3 Å². The third-order valence-corrected chi connectivity index (χ3v) is 6.19. The number of hydrogen-bond donors (Lipinski definition) is 2. The third-order valence-electron chi connectivity index (χ3n) is 5.46. The minimum atomic E-state index is -0.423. The van der Waals surface area contributed by atoms with Gasteiger partial charge in [0.2, 0.25) is 11.8 Å². The van der Waals surface area contributed by atoms with Gasteiger partial charge in [-0.2, -0.15) is 0 Å². The summed E-state index contributed by atoms with van der Waals surface area (Å²) in [5, 5.41) is 5.72. The lowest BCUT2D eigenvalue weighted by atomic mass is 10.1. The van der Waals surface area contributed by atoms with Crippen LogP contribution in [0.4, 0.5) is 21.9 Å².